The van der Waals surface area contributed by atoms with Crippen LogP contribution in [0, 0.1) is 5.92 Å². The van der Waals surface area contributed by atoms with Crippen molar-refractivity contribution in [2.24, 2.45) is 5.92 Å². The zero-order valence-electron chi connectivity index (χ0n) is 11.3. The molecule has 0 bridgehead atoms. The quantitative estimate of drug-likeness (QED) is 0.567. The second-order valence-electron chi connectivity index (χ2n) is 4.65. The molecule has 1 aliphatic rings. The molecule has 112 valence electrons. The van der Waals surface area contributed by atoms with E-state index in [4.69, 9.17) is 5.11 Å². The lowest BCUT2D eigenvalue weighted by atomic mass is 10.3. The third-order valence-electron chi connectivity index (χ3n) is 2.92. The number of carbonyl (C=O) groups excluding carboxylic acids is 2. The van der Waals surface area contributed by atoms with Crippen LogP contribution < -0.4 is 16.0 Å². The Bertz CT molecular complexity index is 557. The fourth-order valence-electron chi connectivity index (χ4n) is 1.69. The Balaban J connectivity index is 1.74. The largest absolute Gasteiger partial charge is 0.476 e. The first-order valence-electron chi connectivity index (χ1n) is 6.59. The van der Waals surface area contributed by atoms with Crippen molar-refractivity contribution < 1.29 is 19.5 Å². The molecule has 0 radical (unpaired) electrons. The number of carboxylic acids is 1. The zero-order valence-corrected chi connectivity index (χ0v) is 11.3. The first-order chi connectivity index (χ1) is 10.1. The number of rotatable bonds is 6. The van der Waals surface area contributed by atoms with Crippen molar-refractivity contribution in [1.82, 2.24) is 15.6 Å². The number of pyridine rings is 1. The molecule has 1 heterocycles. The second kappa shape index (κ2) is 6.69. The van der Waals surface area contributed by atoms with Gasteiger partial charge in [0, 0.05) is 25.2 Å². The van der Waals surface area contributed by atoms with E-state index in [-0.39, 0.29) is 29.8 Å². The standard InChI is InChI=1S/C13H16N4O4/c18-11(8-3-4-8)15-6-7-16-13(21)17-9-2-1-5-14-10(9)12(19)20/h1-2,5,8H,3-4,6-7H2,(H,15,18)(H,19,20)(H2,16,17,21). The molecule has 8 nitrogen and oxygen atoms in total. The molecular formula is C13H16N4O4. The highest BCUT2D eigenvalue weighted by molar-refractivity contribution is 5.98. The van der Waals surface area contributed by atoms with Crippen LogP contribution in [0.5, 0.6) is 0 Å². The second-order valence-corrected chi connectivity index (χ2v) is 4.65. The number of hydrogen-bond donors (Lipinski definition) is 4. The SMILES string of the molecule is O=C(NCCNC(=O)C1CC1)Nc1cccnc1C(=O)O. The first kappa shape index (κ1) is 14.8. The topological polar surface area (TPSA) is 120 Å². The molecular weight excluding hydrogens is 276 g/mol. The van der Waals surface area contributed by atoms with Crippen molar-refractivity contribution in [2.45, 2.75) is 12.8 Å². The molecule has 1 saturated carbocycles. The molecule has 0 atom stereocenters. The minimum absolute atomic E-state index is 0.0117. The van der Waals surface area contributed by atoms with E-state index in [1.54, 1.807) is 0 Å². The van der Waals surface area contributed by atoms with Gasteiger partial charge in [0.15, 0.2) is 5.69 Å². The van der Waals surface area contributed by atoms with Crippen LogP contribution in [-0.2, 0) is 4.79 Å². The number of nitrogens with zero attached hydrogens (tertiary/aromatic N) is 1. The minimum atomic E-state index is -1.22. The Morgan fingerprint density at radius 1 is 1.24 bits per heavy atom. The number of carboxylic acid groups (broad SMARTS) is 1. The fraction of sp³-hybridized carbons (Fsp3) is 0.385. The maximum Gasteiger partial charge on any atom is 0.356 e. The van der Waals surface area contributed by atoms with Crippen molar-refractivity contribution >= 4 is 23.6 Å². The molecule has 0 saturated heterocycles. The van der Waals surface area contributed by atoms with Gasteiger partial charge in [-0.3, -0.25) is 4.79 Å². The summed E-state index contributed by atoms with van der Waals surface area (Å²) in [4.78, 5) is 37.6. The summed E-state index contributed by atoms with van der Waals surface area (Å²) in [6.45, 7) is 0.592. The van der Waals surface area contributed by atoms with Gasteiger partial charge in [-0.05, 0) is 25.0 Å². The molecule has 2 rings (SSSR count). The molecule has 3 amide bonds. The minimum Gasteiger partial charge on any atom is -0.476 e. The van der Waals surface area contributed by atoms with E-state index in [0.29, 0.717) is 6.54 Å². The van der Waals surface area contributed by atoms with Gasteiger partial charge in [-0.2, -0.15) is 0 Å². The highest BCUT2D eigenvalue weighted by Crippen LogP contribution is 2.28. The van der Waals surface area contributed by atoms with E-state index in [0.717, 1.165) is 12.8 Å². The van der Waals surface area contributed by atoms with E-state index in [1.807, 2.05) is 0 Å². The summed E-state index contributed by atoms with van der Waals surface area (Å²) >= 11 is 0. The lowest BCUT2D eigenvalue weighted by Gasteiger charge is -2.09. The summed E-state index contributed by atoms with van der Waals surface area (Å²) < 4.78 is 0. The van der Waals surface area contributed by atoms with Crippen LogP contribution in [0.4, 0.5) is 10.5 Å². The Morgan fingerprint density at radius 3 is 2.62 bits per heavy atom. The summed E-state index contributed by atoms with van der Waals surface area (Å²) in [6.07, 6.45) is 3.19. The smallest absolute Gasteiger partial charge is 0.356 e. The van der Waals surface area contributed by atoms with E-state index < -0.39 is 12.0 Å². The molecule has 0 aliphatic heterocycles. The third-order valence-corrected chi connectivity index (χ3v) is 2.92. The van der Waals surface area contributed by atoms with Crippen LogP contribution in [0.15, 0.2) is 18.3 Å². The van der Waals surface area contributed by atoms with Crippen LogP contribution in [0.3, 0.4) is 0 Å². The van der Waals surface area contributed by atoms with Crippen molar-refractivity contribution in [3.05, 3.63) is 24.0 Å². The molecule has 0 aromatic carbocycles. The van der Waals surface area contributed by atoms with Crippen LogP contribution in [0.25, 0.3) is 0 Å². The summed E-state index contributed by atoms with van der Waals surface area (Å²) in [5.74, 6) is -1.08. The Kier molecular flexibility index (Phi) is 4.70. The Hall–Kier alpha value is -2.64. The van der Waals surface area contributed by atoms with Crippen molar-refractivity contribution in [2.75, 3.05) is 18.4 Å². The average Bonchev–Trinajstić information content (AvgIpc) is 3.28. The molecule has 1 aliphatic carbocycles. The highest BCUT2D eigenvalue weighted by atomic mass is 16.4. The van der Waals surface area contributed by atoms with Gasteiger partial charge in [0.2, 0.25) is 5.91 Å². The van der Waals surface area contributed by atoms with Crippen molar-refractivity contribution in [1.29, 1.82) is 0 Å². The number of aromatic carboxylic acids is 1. The number of hydrogen-bond acceptors (Lipinski definition) is 4. The van der Waals surface area contributed by atoms with Crippen molar-refractivity contribution in [3.8, 4) is 0 Å². The van der Waals surface area contributed by atoms with Gasteiger partial charge in [0.25, 0.3) is 0 Å². The molecule has 21 heavy (non-hydrogen) atoms. The zero-order chi connectivity index (χ0) is 15.2. The van der Waals surface area contributed by atoms with E-state index in [1.165, 1.54) is 18.3 Å². The predicted molar refractivity (Wildman–Crippen MR) is 74.0 cm³/mol. The van der Waals surface area contributed by atoms with E-state index in [9.17, 15) is 14.4 Å². The number of nitrogens with one attached hydrogen (secondary N) is 3. The highest BCUT2D eigenvalue weighted by Gasteiger charge is 2.28. The number of anilines is 1. The monoisotopic (exact) mass is 292 g/mol. The van der Waals surface area contributed by atoms with Crippen LogP contribution in [0.2, 0.25) is 0 Å². The van der Waals surface area contributed by atoms with Gasteiger partial charge in [-0.1, -0.05) is 0 Å². The predicted octanol–water partition coefficient (Wildman–Crippen LogP) is 0.427. The lowest BCUT2D eigenvalue weighted by molar-refractivity contribution is -0.122. The first-order valence-corrected chi connectivity index (χ1v) is 6.59. The average molecular weight is 292 g/mol. The number of aromatic nitrogens is 1. The number of amides is 3. The number of carbonyl (C=O) groups is 3. The Labute approximate surface area is 120 Å². The fourth-order valence-corrected chi connectivity index (χ4v) is 1.69. The summed E-state index contributed by atoms with van der Waals surface area (Å²) in [7, 11) is 0. The van der Waals surface area contributed by atoms with Crippen molar-refractivity contribution in [3.63, 3.8) is 0 Å². The van der Waals surface area contributed by atoms with E-state index in [2.05, 4.69) is 20.9 Å². The maximum atomic E-state index is 11.6. The van der Waals surface area contributed by atoms with Crippen LogP contribution >= 0.6 is 0 Å². The van der Waals surface area contributed by atoms with Crippen LogP contribution in [-0.4, -0.2) is 41.1 Å². The lowest BCUT2D eigenvalue weighted by Crippen LogP contribution is -2.37. The van der Waals surface area contributed by atoms with Gasteiger partial charge in [0.05, 0.1) is 5.69 Å². The van der Waals surface area contributed by atoms with Gasteiger partial charge in [-0.25, -0.2) is 14.6 Å². The van der Waals surface area contributed by atoms with Crippen LogP contribution in [0.1, 0.15) is 23.3 Å². The van der Waals surface area contributed by atoms with Gasteiger partial charge in [0.1, 0.15) is 0 Å². The van der Waals surface area contributed by atoms with Gasteiger partial charge >= 0.3 is 12.0 Å². The van der Waals surface area contributed by atoms with Gasteiger partial charge < -0.3 is 21.1 Å². The molecule has 8 heteroatoms. The number of urea groups is 1. The maximum absolute atomic E-state index is 11.6. The Morgan fingerprint density at radius 2 is 1.95 bits per heavy atom. The summed E-state index contributed by atoms with van der Waals surface area (Å²) in [5, 5.41) is 16.6. The molecule has 0 spiro atoms. The molecule has 0 unspecified atom stereocenters. The summed E-state index contributed by atoms with van der Waals surface area (Å²) in [6, 6.07) is 2.43. The summed E-state index contributed by atoms with van der Waals surface area (Å²) in [5.41, 5.74) is -0.112. The normalized spacial score (nSPS) is 13.3. The third kappa shape index (κ3) is 4.44. The molecule has 4 N–H and O–H groups in total. The van der Waals surface area contributed by atoms with Gasteiger partial charge in [-0.15, -0.1) is 0 Å². The van der Waals surface area contributed by atoms with E-state index >= 15 is 0 Å². The molecule has 1 aromatic rings. The molecule has 1 aromatic heterocycles. The molecule has 1 fully saturated rings.